The first-order valence-electron chi connectivity index (χ1n) is 6.48. The summed E-state index contributed by atoms with van der Waals surface area (Å²) in [6, 6.07) is 13.8. The molecule has 0 radical (unpaired) electrons. The summed E-state index contributed by atoms with van der Waals surface area (Å²) in [6.07, 6.45) is -0.545. The lowest BCUT2D eigenvalue weighted by atomic mass is 10.1. The van der Waals surface area contributed by atoms with E-state index < -0.39 is 6.10 Å². The predicted molar refractivity (Wildman–Crippen MR) is 81.8 cm³/mol. The van der Waals surface area contributed by atoms with Crippen molar-refractivity contribution in [1.82, 2.24) is 0 Å². The molecule has 0 saturated heterocycles. The van der Waals surface area contributed by atoms with E-state index in [1.165, 1.54) is 11.1 Å². The Morgan fingerprint density at radius 3 is 2.45 bits per heavy atom. The highest BCUT2D eigenvalue weighted by molar-refractivity contribution is 7.99. The number of aliphatic hydroxyl groups excluding tert-OH is 1. The molecule has 2 aromatic carbocycles. The van der Waals surface area contributed by atoms with Crippen molar-refractivity contribution in [3.05, 3.63) is 58.7 Å². The molecule has 1 atom stereocenters. The average molecular weight is 283 g/mol. The van der Waals surface area contributed by atoms with Crippen LogP contribution in [0.15, 0.2) is 46.2 Å². The van der Waals surface area contributed by atoms with Gasteiger partial charge in [0.15, 0.2) is 0 Å². The van der Waals surface area contributed by atoms with Crippen LogP contribution in [0.3, 0.4) is 0 Å². The van der Waals surface area contributed by atoms with Gasteiger partial charge in [-0.25, -0.2) is 0 Å². The van der Waals surface area contributed by atoms with Crippen LogP contribution in [0.1, 0.15) is 35.3 Å². The SMILES string of the molecule is Cc1ccc(Sc2cc(C#N)ccc2[C@H](C)O)cc1C. The molecular formula is C17H17NOS. The Morgan fingerprint density at radius 1 is 1.10 bits per heavy atom. The molecule has 2 nitrogen and oxygen atoms in total. The smallest absolute Gasteiger partial charge is 0.0992 e. The molecule has 0 aliphatic heterocycles. The van der Waals surface area contributed by atoms with Gasteiger partial charge in [-0.3, -0.25) is 0 Å². The summed E-state index contributed by atoms with van der Waals surface area (Å²) in [5.74, 6) is 0. The van der Waals surface area contributed by atoms with Crippen LogP contribution >= 0.6 is 11.8 Å². The predicted octanol–water partition coefficient (Wildman–Crippen LogP) is 4.38. The first-order chi connectivity index (χ1) is 9.51. The van der Waals surface area contributed by atoms with E-state index in [1.807, 2.05) is 12.1 Å². The maximum Gasteiger partial charge on any atom is 0.0992 e. The number of hydrogen-bond acceptors (Lipinski definition) is 3. The maximum atomic E-state index is 9.85. The molecule has 0 bridgehead atoms. The molecule has 0 amide bonds. The van der Waals surface area contributed by atoms with Gasteiger partial charge in [0, 0.05) is 9.79 Å². The van der Waals surface area contributed by atoms with Crippen LogP contribution < -0.4 is 0 Å². The van der Waals surface area contributed by atoms with Gasteiger partial charge in [-0.05, 0) is 61.7 Å². The fourth-order valence-corrected chi connectivity index (χ4v) is 3.11. The highest BCUT2D eigenvalue weighted by Crippen LogP contribution is 2.34. The molecule has 0 aliphatic rings. The van der Waals surface area contributed by atoms with E-state index in [1.54, 1.807) is 24.8 Å². The standard InChI is InChI=1S/C17H17NOS/c1-11-4-6-15(8-12(11)2)20-17-9-14(10-18)5-7-16(17)13(3)19/h4-9,13,19H,1-3H3/t13-/m0/s1. The van der Waals surface area contributed by atoms with Gasteiger partial charge < -0.3 is 5.11 Å². The topological polar surface area (TPSA) is 44.0 Å². The fraction of sp³-hybridized carbons (Fsp3) is 0.235. The van der Waals surface area contributed by atoms with Crippen molar-refractivity contribution in [1.29, 1.82) is 5.26 Å². The third-order valence-corrected chi connectivity index (χ3v) is 4.36. The van der Waals surface area contributed by atoms with Crippen LogP contribution in [0.2, 0.25) is 0 Å². The zero-order valence-corrected chi connectivity index (χ0v) is 12.7. The summed E-state index contributed by atoms with van der Waals surface area (Å²) in [4.78, 5) is 2.05. The van der Waals surface area contributed by atoms with Gasteiger partial charge in [0.05, 0.1) is 17.7 Å². The summed E-state index contributed by atoms with van der Waals surface area (Å²) in [7, 11) is 0. The molecule has 0 unspecified atom stereocenters. The Bertz CT molecular complexity index is 671. The number of nitriles is 1. The molecule has 0 aromatic heterocycles. The monoisotopic (exact) mass is 283 g/mol. The summed E-state index contributed by atoms with van der Waals surface area (Å²) in [5, 5.41) is 18.9. The fourth-order valence-electron chi connectivity index (χ4n) is 1.94. The molecule has 2 rings (SSSR count). The molecule has 102 valence electrons. The zero-order chi connectivity index (χ0) is 14.7. The molecule has 20 heavy (non-hydrogen) atoms. The number of benzene rings is 2. The largest absolute Gasteiger partial charge is 0.389 e. The minimum absolute atomic E-state index is 0.545. The van der Waals surface area contributed by atoms with Crippen molar-refractivity contribution in [2.45, 2.75) is 36.7 Å². The lowest BCUT2D eigenvalue weighted by Crippen LogP contribution is -1.95. The van der Waals surface area contributed by atoms with Gasteiger partial charge in [0.2, 0.25) is 0 Å². The van der Waals surface area contributed by atoms with Crippen LogP contribution in [0.4, 0.5) is 0 Å². The molecule has 3 heteroatoms. The third kappa shape index (κ3) is 3.22. The zero-order valence-electron chi connectivity index (χ0n) is 11.8. The second kappa shape index (κ2) is 6.13. The number of hydrogen-bond donors (Lipinski definition) is 1. The van der Waals surface area contributed by atoms with Gasteiger partial charge in [-0.1, -0.05) is 23.9 Å². The van der Waals surface area contributed by atoms with E-state index >= 15 is 0 Å². The number of nitrogens with zero attached hydrogens (tertiary/aromatic N) is 1. The van der Waals surface area contributed by atoms with Crippen molar-refractivity contribution < 1.29 is 5.11 Å². The number of aryl methyl sites for hydroxylation is 2. The minimum Gasteiger partial charge on any atom is -0.389 e. The van der Waals surface area contributed by atoms with Gasteiger partial charge in [0.1, 0.15) is 0 Å². The second-order valence-electron chi connectivity index (χ2n) is 4.89. The lowest BCUT2D eigenvalue weighted by molar-refractivity contribution is 0.196. The molecule has 0 aliphatic carbocycles. The molecule has 0 fully saturated rings. The van der Waals surface area contributed by atoms with E-state index in [0.29, 0.717) is 5.56 Å². The molecule has 0 saturated carbocycles. The third-order valence-electron chi connectivity index (χ3n) is 3.30. The van der Waals surface area contributed by atoms with Crippen molar-refractivity contribution in [2.24, 2.45) is 0 Å². The highest BCUT2D eigenvalue weighted by Gasteiger charge is 2.11. The summed E-state index contributed by atoms with van der Waals surface area (Å²) < 4.78 is 0. The highest BCUT2D eigenvalue weighted by atomic mass is 32.2. The minimum atomic E-state index is -0.545. The summed E-state index contributed by atoms with van der Waals surface area (Å²) >= 11 is 1.58. The average Bonchev–Trinajstić information content (AvgIpc) is 2.42. The quantitative estimate of drug-likeness (QED) is 0.909. The van der Waals surface area contributed by atoms with Gasteiger partial charge in [0.25, 0.3) is 0 Å². The van der Waals surface area contributed by atoms with Crippen LogP contribution in [0.25, 0.3) is 0 Å². The van der Waals surface area contributed by atoms with E-state index in [2.05, 4.69) is 38.1 Å². The van der Waals surface area contributed by atoms with Gasteiger partial charge in [-0.2, -0.15) is 5.26 Å². The Morgan fingerprint density at radius 2 is 1.85 bits per heavy atom. The Hall–Kier alpha value is -1.76. The number of rotatable bonds is 3. The second-order valence-corrected chi connectivity index (χ2v) is 6.00. The van der Waals surface area contributed by atoms with E-state index in [0.717, 1.165) is 15.4 Å². The van der Waals surface area contributed by atoms with E-state index in [9.17, 15) is 5.11 Å². The molecule has 2 aromatic rings. The Kier molecular flexibility index (Phi) is 4.49. The molecular weight excluding hydrogens is 266 g/mol. The summed E-state index contributed by atoms with van der Waals surface area (Å²) in [5.41, 5.74) is 3.97. The van der Waals surface area contributed by atoms with Crippen LogP contribution in [0.5, 0.6) is 0 Å². The number of aliphatic hydroxyl groups is 1. The van der Waals surface area contributed by atoms with Crippen molar-refractivity contribution in [2.75, 3.05) is 0 Å². The molecule has 0 spiro atoms. The van der Waals surface area contributed by atoms with Crippen molar-refractivity contribution in [3.8, 4) is 6.07 Å². The molecule has 0 heterocycles. The van der Waals surface area contributed by atoms with Crippen molar-refractivity contribution >= 4 is 11.8 Å². The van der Waals surface area contributed by atoms with Crippen LogP contribution in [-0.4, -0.2) is 5.11 Å². The van der Waals surface area contributed by atoms with E-state index in [-0.39, 0.29) is 0 Å². The lowest BCUT2D eigenvalue weighted by Gasteiger charge is -2.12. The maximum absolute atomic E-state index is 9.85. The first-order valence-corrected chi connectivity index (χ1v) is 7.30. The molecule has 1 N–H and O–H groups in total. The Labute approximate surface area is 124 Å². The van der Waals surface area contributed by atoms with Gasteiger partial charge in [-0.15, -0.1) is 0 Å². The normalized spacial score (nSPS) is 11.9. The van der Waals surface area contributed by atoms with Crippen LogP contribution in [0, 0.1) is 25.2 Å². The van der Waals surface area contributed by atoms with Crippen LogP contribution in [-0.2, 0) is 0 Å². The first kappa shape index (κ1) is 14.6. The van der Waals surface area contributed by atoms with E-state index in [4.69, 9.17) is 5.26 Å². The van der Waals surface area contributed by atoms with Crippen molar-refractivity contribution in [3.63, 3.8) is 0 Å². The Balaban J connectivity index is 2.40. The summed E-state index contributed by atoms with van der Waals surface area (Å²) in [6.45, 7) is 5.91. The van der Waals surface area contributed by atoms with Gasteiger partial charge >= 0.3 is 0 Å².